The van der Waals surface area contributed by atoms with Gasteiger partial charge in [-0.25, -0.2) is 0 Å². The van der Waals surface area contributed by atoms with E-state index in [0.29, 0.717) is 5.56 Å². The summed E-state index contributed by atoms with van der Waals surface area (Å²) >= 11 is 0. The van der Waals surface area contributed by atoms with Crippen LogP contribution < -0.4 is 0 Å². The Labute approximate surface area is 116 Å². The molecule has 1 aromatic rings. The van der Waals surface area contributed by atoms with E-state index in [2.05, 4.69) is 0 Å². The number of allylic oxidation sites excluding steroid dienone is 3. The van der Waals surface area contributed by atoms with Gasteiger partial charge in [0, 0.05) is 6.42 Å². The van der Waals surface area contributed by atoms with Crippen molar-refractivity contribution in [2.75, 3.05) is 0 Å². The standard InChI is InChI=1S/C12H12O6S2/c13-19(14,15)12(20(16,17)18)8-4-7-11(9-12)10-5-2-1-3-6-10/h1-7,9H,8H2,(H,13,14,15)(H,16,17,18). The smallest absolute Gasteiger partial charge is 0.284 e. The van der Waals surface area contributed by atoms with Crippen molar-refractivity contribution < 1.29 is 25.9 Å². The molecule has 1 aliphatic carbocycles. The molecule has 0 spiro atoms. The summed E-state index contributed by atoms with van der Waals surface area (Å²) in [6.45, 7) is 0. The Morgan fingerprint density at radius 2 is 1.50 bits per heavy atom. The lowest BCUT2D eigenvalue weighted by molar-refractivity contribution is 0.437. The summed E-state index contributed by atoms with van der Waals surface area (Å²) < 4.78 is 61.6. The van der Waals surface area contributed by atoms with E-state index in [1.165, 1.54) is 12.2 Å². The van der Waals surface area contributed by atoms with E-state index < -0.39 is 30.7 Å². The molecule has 0 amide bonds. The van der Waals surface area contributed by atoms with Gasteiger partial charge in [0.2, 0.25) is 4.08 Å². The Balaban J connectivity index is 2.70. The van der Waals surface area contributed by atoms with Gasteiger partial charge in [0.05, 0.1) is 0 Å². The normalized spacial score (nSPS) is 18.6. The number of rotatable bonds is 3. The van der Waals surface area contributed by atoms with Crippen LogP contribution in [0.3, 0.4) is 0 Å². The summed E-state index contributed by atoms with van der Waals surface area (Å²) in [4.78, 5) is 0. The van der Waals surface area contributed by atoms with Crippen molar-refractivity contribution in [3.63, 3.8) is 0 Å². The van der Waals surface area contributed by atoms with Crippen molar-refractivity contribution in [1.82, 2.24) is 0 Å². The van der Waals surface area contributed by atoms with Crippen molar-refractivity contribution in [2.45, 2.75) is 10.5 Å². The van der Waals surface area contributed by atoms with Gasteiger partial charge in [-0.3, -0.25) is 9.11 Å². The molecule has 0 aromatic heterocycles. The molecular formula is C12H12O6S2. The molecule has 0 saturated heterocycles. The van der Waals surface area contributed by atoms with Gasteiger partial charge in [-0.2, -0.15) is 16.8 Å². The fourth-order valence-corrected chi connectivity index (χ4v) is 4.23. The van der Waals surface area contributed by atoms with Crippen LogP contribution in [0, 0.1) is 0 Å². The predicted molar refractivity (Wildman–Crippen MR) is 74.0 cm³/mol. The Kier molecular flexibility index (Phi) is 3.59. The van der Waals surface area contributed by atoms with Crippen LogP contribution in [-0.4, -0.2) is 30.0 Å². The lowest BCUT2D eigenvalue weighted by atomic mass is 9.99. The van der Waals surface area contributed by atoms with Gasteiger partial charge in [-0.1, -0.05) is 42.5 Å². The fraction of sp³-hybridized carbons (Fsp3) is 0.167. The maximum atomic E-state index is 11.5. The van der Waals surface area contributed by atoms with Gasteiger partial charge >= 0.3 is 0 Å². The molecule has 0 atom stereocenters. The zero-order valence-electron chi connectivity index (χ0n) is 10.2. The Morgan fingerprint density at radius 1 is 0.950 bits per heavy atom. The molecule has 0 fully saturated rings. The zero-order chi connectivity index (χ0) is 15.0. The molecule has 2 N–H and O–H groups in total. The van der Waals surface area contributed by atoms with Crippen LogP contribution in [0.2, 0.25) is 0 Å². The predicted octanol–water partition coefficient (Wildman–Crippen LogP) is 1.50. The molecule has 1 aliphatic rings. The van der Waals surface area contributed by atoms with Crippen LogP contribution in [-0.2, 0) is 20.2 Å². The summed E-state index contributed by atoms with van der Waals surface area (Å²) in [5.74, 6) is 0. The van der Waals surface area contributed by atoms with Crippen LogP contribution in [0.25, 0.3) is 5.57 Å². The van der Waals surface area contributed by atoms with Gasteiger partial charge in [0.1, 0.15) is 0 Å². The summed E-state index contributed by atoms with van der Waals surface area (Å²) in [5.41, 5.74) is 0.854. The quantitative estimate of drug-likeness (QED) is 0.818. The molecule has 0 radical (unpaired) electrons. The van der Waals surface area contributed by atoms with E-state index in [1.807, 2.05) is 0 Å². The Bertz CT molecular complexity index is 740. The van der Waals surface area contributed by atoms with Crippen LogP contribution in [0.4, 0.5) is 0 Å². The first-order chi connectivity index (χ1) is 9.17. The summed E-state index contributed by atoms with van der Waals surface area (Å²) in [7, 11) is -10.1. The average molecular weight is 316 g/mol. The Morgan fingerprint density at radius 3 is 2.00 bits per heavy atom. The molecule has 2 rings (SSSR count). The van der Waals surface area contributed by atoms with E-state index in [-0.39, 0.29) is 5.57 Å². The molecule has 20 heavy (non-hydrogen) atoms. The minimum Gasteiger partial charge on any atom is -0.284 e. The molecule has 0 bridgehead atoms. The van der Waals surface area contributed by atoms with E-state index >= 15 is 0 Å². The van der Waals surface area contributed by atoms with Crippen molar-refractivity contribution in [1.29, 1.82) is 0 Å². The monoisotopic (exact) mass is 316 g/mol. The molecule has 1 aromatic carbocycles. The van der Waals surface area contributed by atoms with Gasteiger partial charge in [0.25, 0.3) is 20.2 Å². The molecule has 0 unspecified atom stereocenters. The third-order valence-corrected chi connectivity index (χ3v) is 6.63. The highest BCUT2D eigenvalue weighted by molar-refractivity contribution is 8.05. The average Bonchev–Trinajstić information content (AvgIpc) is 2.37. The molecule has 0 aliphatic heterocycles. The van der Waals surface area contributed by atoms with Crippen LogP contribution >= 0.6 is 0 Å². The van der Waals surface area contributed by atoms with E-state index in [4.69, 9.17) is 0 Å². The second-order valence-electron chi connectivity index (χ2n) is 4.33. The van der Waals surface area contributed by atoms with Gasteiger partial charge in [0.15, 0.2) is 0 Å². The first-order valence-corrected chi connectivity index (χ1v) is 8.44. The molecule has 0 saturated carbocycles. The lowest BCUT2D eigenvalue weighted by Crippen LogP contribution is -2.44. The first kappa shape index (κ1) is 14.9. The minimum absolute atomic E-state index is 0.284. The highest BCUT2D eigenvalue weighted by Crippen LogP contribution is 2.36. The highest BCUT2D eigenvalue weighted by atomic mass is 32.3. The van der Waals surface area contributed by atoms with Crippen molar-refractivity contribution in [2.24, 2.45) is 0 Å². The third-order valence-electron chi connectivity index (χ3n) is 3.06. The van der Waals surface area contributed by atoms with Crippen molar-refractivity contribution in [3.05, 3.63) is 54.1 Å². The number of hydrogen-bond donors (Lipinski definition) is 2. The number of benzene rings is 1. The topological polar surface area (TPSA) is 109 Å². The Hall–Kier alpha value is -1.48. The summed E-state index contributed by atoms with van der Waals surface area (Å²) in [5, 5.41) is 0. The van der Waals surface area contributed by atoms with Crippen molar-refractivity contribution in [3.8, 4) is 0 Å². The highest BCUT2D eigenvalue weighted by Gasteiger charge is 2.53. The van der Waals surface area contributed by atoms with Crippen molar-refractivity contribution >= 4 is 25.8 Å². The lowest BCUT2D eigenvalue weighted by Gasteiger charge is -2.26. The largest absolute Gasteiger partial charge is 0.291 e. The minimum atomic E-state index is -5.05. The summed E-state index contributed by atoms with van der Waals surface area (Å²) in [6, 6.07) is 8.44. The second kappa shape index (κ2) is 4.81. The molecule has 6 nitrogen and oxygen atoms in total. The van der Waals surface area contributed by atoms with Crippen LogP contribution in [0.1, 0.15) is 12.0 Å². The molecule has 8 heteroatoms. The second-order valence-corrected chi connectivity index (χ2v) is 7.95. The van der Waals surface area contributed by atoms with Gasteiger partial charge < -0.3 is 0 Å². The van der Waals surface area contributed by atoms with E-state index in [1.54, 1.807) is 30.3 Å². The SMILES string of the molecule is O=S(=O)(O)C1(S(=O)(=O)O)C=C(c2ccccc2)C=CC1. The maximum absolute atomic E-state index is 11.5. The first-order valence-electron chi connectivity index (χ1n) is 5.56. The summed E-state index contributed by atoms with van der Waals surface area (Å²) in [6.07, 6.45) is 3.11. The van der Waals surface area contributed by atoms with Gasteiger partial charge in [-0.15, -0.1) is 0 Å². The maximum Gasteiger partial charge on any atom is 0.291 e. The third kappa shape index (κ3) is 2.42. The van der Waals surface area contributed by atoms with Gasteiger partial charge in [-0.05, 0) is 17.2 Å². The zero-order valence-corrected chi connectivity index (χ0v) is 11.8. The molecular weight excluding hydrogens is 304 g/mol. The van der Waals surface area contributed by atoms with Crippen LogP contribution in [0.5, 0.6) is 0 Å². The number of hydrogen-bond acceptors (Lipinski definition) is 4. The van der Waals surface area contributed by atoms with E-state index in [0.717, 1.165) is 6.08 Å². The van der Waals surface area contributed by atoms with E-state index in [9.17, 15) is 25.9 Å². The molecule has 0 heterocycles. The molecule has 108 valence electrons. The van der Waals surface area contributed by atoms with Crippen LogP contribution in [0.15, 0.2) is 48.6 Å². The fourth-order valence-electron chi connectivity index (χ4n) is 2.00.